The van der Waals surface area contributed by atoms with Crippen LogP contribution < -0.4 is 5.32 Å². The molecule has 1 N–H and O–H groups in total. The summed E-state index contributed by atoms with van der Waals surface area (Å²) in [7, 11) is 4.08. The van der Waals surface area contributed by atoms with Crippen LogP contribution in [-0.4, -0.2) is 53.0 Å². The molecule has 0 aliphatic heterocycles. The lowest BCUT2D eigenvalue weighted by Gasteiger charge is -2.28. The predicted octanol–water partition coefficient (Wildman–Crippen LogP) is 2.18. The van der Waals surface area contributed by atoms with Gasteiger partial charge in [0.25, 0.3) is 5.91 Å². The Balaban J connectivity index is 1.83. The lowest BCUT2D eigenvalue weighted by atomic mass is 9.89. The fraction of sp³-hybridized carbons (Fsp3) is 0.824. The number of nitrogens with zero attached hydrogens (tertiary/aromatic N) is 4. The van der Waals surface area contributed by atoms with E-state index in [0.717, 1.165) is 13.1 Å². The maximum absolute atomic E-state index is 12.2. The van der Waals surface area contributed by atoms with Gasteiger partial charge in [0.15, 0.2) is 5.69 Å². The number of hydrogen-bond acceptors (Lipinski definition) is 4. The molecule has 2 rings (SSSR count). The van der Waals surface area contributed by atoms with Crippen molar-refractivity contribution in [3.8, 4) is 0 Å². The van der Waals surface area contributed by atoms with Gasteiger partial charge < -0.3 is 10.2 Å². The molecule has 1 aliphatic carbocycles. The lowest BCUT2D eigenvalue weighted by Crippen LogP contribution is -2.40. The molecule has 0 aromatic carbocycles. The standard InChI is InChI=1S/C17H31N5O/c1-17(2,13-21(3)4)12-18-16(23)15-11-22(20-19-15)10-14-8-6-5-7-9-14/h11,14H,5-10,12-13H2,1-4H3,(H,18,23). The van der Waals surface area contributed by atoms with E-state index in [4.69, 9.17) is 0 Å². The third kappa shape index (κ3) is 5.94. The summed E-state index contributed by atoms with van der Waals surface area (Å²) in [5, 5.41) is 11.1. The fourth-order valence-electron chi connectivity index (χ4n) is 3.45. The van der Waals surface area contributed by atoms with Gasteiger partial charge in [-0.25, -0.2) is 0 Å². The van der Waals surface area contributed by atoms with Crippen molar-refractivity contribution in [3.05, 3.63) is 11.9 Å². The third-order valence-electron chi connectivity index (χ3n) is 4.41. The summed E-state index contributed by atoms with van der Waals surface area (Å²) < 4.78 is 1.83. The predicted molar refractivity (Wildman–Crippen MR) is 91.3 cm³/mol. The second-order valence-electron chi connectivity index (χ2n) is 7.91. The number of amides is 1. The maximum Gasteiger partial charge on any atom is 0.273 e. The SMILES string of the molecule is CN(C)CC(C)(C)CNC(=O)c1cn(CC2CCCCC2)nn1. The highest BCUT2D eigenvalue weighted by Gasteiger charge is 2.21. The average molecular weight is 321 g/mol. The van der Waals surface area contributed by atoms with Gasteiger partial charge in [0.2, 0.25) is 0 Å². The van der Waals surface area contributed by atoms with E-state index in [9.17, 15) is 4.79 Å². The summed E-state index contributed by atoms with van der Waals surface area (Å²) in [5.41, 5.74) is 0.443. The zero-order valence-corrected chi connectivity index (χ0v) is 15.0. The molecule has 23 heavy (non-hydrogen) atoms. The van der Waals surface area contributed by atoms with Gasteiger partial charge in [0.1, 0.15) is 0 Å². The van der Waals surface area contributed by atoms with Crippen LogP contribution in [-0.2, 0) is 6.54 Å². The van der Waals surface area contributed by atoms with Crippen molar-refractivity contribution in [2.75, 3.05) is 27.2 Å². The summed E-state index contributed by atoms with van der Waals surface area (Å²) in [6.45, 7) is 6.72. The first kappa shape index (κ1) is 17.9. The van der Waals surface area contributed by atoms with Crippen LogP contribution in [0, 0.1) is 11.3 Å². The quantitative estimate of drug-likeness (QED) is 0.836. The first-order valence-electron chi connectivity index (χ1n) is 8.69. The lowest BCUT2D eigenvalue weighted by molar-refractivity contribution is 0.0924. The van der Waals surface area contributed by atoms with Gasteiger partial charge in [-0.1, -0.05) is 38.3 Å². The molecule has 0 unspecified atom stereocenters. The largest absolute Gasteiger partial charge is 0.350 e. The van der Waals surface area contributed by atoms with Crippen LogP contribution in [0.5, 0.6) is 0 Å². The van der Waals surface area contributed by atoms with Gasteiger partial charge in [-0.15, -0.1) is 5.10 Å². The Hall–Kier alpha value is -1.43. The smallest absolute Gasteiger partial charge is 0.273 e. The highest BCUT2D eigenvalue weighted by molar-refractivity contribution is 5.91. The molecule has 0 spiro atoms. The molecule has 1 aromatic rings. The Morgan fingerprint density at radius 2 is 2.04 bits per heavy atom. The van der Waals surface area contributed by atoms with Crippen LogP contribution in [0.2, 0.25) is 0 Å². The number of carbonyl (C=O) groups is 1. The highest BCUT2D eigenvalue weighted by Crippen LogP contribution is 2.24. The fourth-order valence-corrected chi connectivity index (χ4v) is 3.45. The first-order chi connectivity index (χ1) is 10.9. The average Bonchev–Trinajstić information content (AvgIpc) is 2.93. The molecular formula is C17H31N5O. The van der Waals surface area contributed by atoms with Gasteiger partial charge in [0.05, 0.1) is 6.20 Å². The summed E-state index contributed by atoms with van der Waals surface area (Å²) in [6, 6.07) is 0. The van der Waals surface area contributed by atoms with E-state index in [0.29, 0.717) is 18.2 Å². The minimum absolute atomic E-state index is 0.0251. The van der Waals surface area contributed by atoms with Gasteiger partial charge in [-0.05, 0) is 38.3 Å². The summed E-state index contributed by atoms with van der Waals surface area (Å²) in [5.74, 6) is 0.548. The van der Waals surface area contributed by atoms with E-state index in [1.165, 1.54) is 32.1 Å². The Kier molecular flexibility index (Phi) is 6.16. The van der Waals surface area contributed by atoms with Crippen LogP contribution in [0.15, 0.2) is 6.20 Å². The van der Waals surface area contributed by atoms with Crippen LogP contribution in [0.25, 0.3) is 0 Å². The molecule has 130 valence electrons. The van der Waals surface area contributed by atoms with Gasteiger partial charge in [-0.3, -0.25) is 9.48 Å². The van der Waals surface area contributed by atoms with Crippen molar-refractivity contribution in [2.24, 2.45) is 11.3 Å². The zero-order valence-electron chi connectivity index (χ0n) is 15.0. The Bertz CT molecular complexity index is 503. The second-order valence-corrected chi connectivity index (χ2v) is 7.91. The molecular weight excluding hydrogens is 290 g/mol. The molecule has 1 heterocycles. The van der Waals surface area contributed by atoms with Crippen LogP contribution >= 0.6 is 0 Å². The second kappa shape index (κ2) is 7.90. The Labute approximate surface area is 139 Å². The van der Waals surface area contributed by atoms with E-state index in [-0.39, 0.29) is 11.3 Å². The van der Waals surface area contributed by atoms with Crippen molar-refractivity contribution in [2.45, 2.75) is 52.5 Å². The zero-order chi connectivity index (χ0) is 16.9. The summed E-state index contributed by atoms with van der Waals surface area (Å²) in [4.78, 5) is 14.4. The molecule has 6 nitrogen and oxygen atoms in total. The Morgan fingerprint density at radius 3 is 2.70 bits per heavy atom. The molecule has 1 saturated carbocycles. The maximum atomic E-state index is 12.2. The van der Waals surface area contributed by atoms with Crippen molar-refractivity contribution >= 4 is 5.91 Å². The Morgan fingerprint density at radius 1 is 1.35 bits per heavy atom. The molecule has 0 bridgehead atoms. The van der Waals surface area contributed by atoms with Crippen molar-refractivity contribution in [1.29, 1.82) is 0 Å². The van der Waals surface area contributed by atoms with Crippen molar-refractivity contribution < 1.29 is 4.79 Å². The topological polar surface area (TPSA) is 63.1 Å². The normalized spacial score (nSPS) is 16.7. The summed E-state index contributed by atoms with van der Waals surface area (Å²) >= 11 is 0. The monoisotopic (exact) mass is 321 g/mol. The van der Waals surface area contributed by atoms with E-state index in [1.54, 1.807) is 6.20 Å². The van der Waals surface area contributed by atoms with E-state index >= 15 is 0 Å². The molecule has 1 aromatic heterocycles. The minimum Gasteiger partial charge on any atom is -0.350 e. The van der Waals surface area contributed by atoms with E-state index in [2.05, 4.69) is 34.4 Å². The molecule has 1 aliphatic rings. The minimum atomic E-state index is -0.133. The third-order valence-corrected chi connectivity index (χ3v) is 4.41. The van der Waals surface area contributed by atoms with Crippen LogP contribution in [0.1, 0.15) is 56.4 Å². The number of aromatic nitrogens is 3. The van der Waals surface area contributed by atoms with E-state index < -0.39 is 0 Å². The number of hydrogen-bond donors (Lipinski definition) is 1. The van der Waals surface area contributed by atoms with Crippen molar-refractivity contribution in [3.63, 3.8) is 0 Å². The molecule has 0 radical (unpaired) electrons. The van der Waals surface area contributed by atoms with Crippen molar-refractivity contribution in [1.82, 2.24) is 25.2 Å². The first-order valence-corrected chi connectivity index (χ1v) is 8.69. The van der Waals surface area contributed by atoms with Gasteiger partial charge in [0, 0.05) is 19.6 Å². The van der Waals surface area contributed by atoms with Crippen LogP contribution in [0.3, 0.4) is 0 Å². The highest BCUT2D eigenvalue weighted by atomic mass is 16.2. The summed E-state index contributed by atoms with van der Waals surface area (Å²) in [6.07, 6.45) is 8.29. The van der Waals surface area contributed by atoms with Gasteiger partial charge in [-0.2, -0.15) is 0 Å². The van der Waals surface area contributed by atoms with Gasteiger partial charge >= 0.3 is 0 Å². The molecule has 1 fully saturated rings. The number of nitrogens with one attached hydrogen (secondary N) is 1. The van der Waals surface area contributed by atoms with E-state index in [1.807, 2.05) is 18.8 Å². The van der Waals surface area contributed by atoms with Crippen LogP contribution in [0.4, 0.5) is 0 Å². The number of rotatable bonds is 7. The molecule has 0 saturated heterocycles. The molecule has 6 heteroatoms. The molecule has 0 atom stereocenters. The molecule has 1 amide bonds. The number of carbonyl (C=O) groups excluding carboxylic acids is 1.